The van der Waals surface area contributed by atoms with E-state index in [0.717, 1.165) is 19.5 Å². The Bertz CT molecular complexity index is 344. The van der Waals surface area contributed by atoms with E-state index in [2.05, 4.69) is 13.5 Å². The van der Waals surface area contributed by atoms with Gasteiger partial charge in [0.2, 0.25) is 5.91 Å². The summed E-state index contributed by atoms with van der Waals surface area (Å²) in [6.45, 7) is 10.5. The molecular weight excluding hydrogens is 256 g/mol. The van der Waals surface area contributed by atoms with Gasteiger partial charge in [0.05, 0.1) is 19.7 Å². The molecule has 1 unspecified atom stereocenters. The molecule has 1 saturated heterocycles. The summed E-state index contributed by atoms with van der Waals surface area (Å²) >= 11 is 0. The van der Waals surface area contributed by atoms with E-state index in [-0.39, 0.29) is 25.0 Å². The smallest absolute Gasteiger partial charge is 0.320 e. The van der Waals surface area contributed by atoms with Crippen LogP contribution in [0.2, 0.25) is 0 Å². The first-order chi connectivity index (χ1) is 9.56. The van der Waals surface area contributed by atoms with Gasteiger partial charge >= 0.3 is 5.97 Å². The third-order valence-electron chi connectivity index (χ3n) is 3.41. The predicted octanol–water partition coefficient (Wildman–Crippen LogP) is 1.30. The number of piperidine rings is 1. The average molecular weight is 282 g/mol. The van der Waals surface area contributed by atoms with Crippen molar-refractivity contribution in [2.75, 3.05) is 39.3 Å². The van der Waals surface area contributed by atoms with Crippen LogP contribution in [-0.4, -0.2) is 61.0 Å². The minimum atomic E-state index is -0.297. The molecule has 0 saturated carbocycles. The van der Waals surface area contributed by atoms with Gasteiger partial charge in [-0.1, -0.05) is 13.0 Å². The highest BCUT2D eigenvalue weighted by Gasteiger charge is 2.23. The Morgan fingerprint density at radius 2 is 2.20 bits per heavy atom. The maximum atomic E-state index is 12.3. The first-order valence-corrected chi connectivity index (χ1v) is 7.33. The van der Waals surface area contributed by atoms with E-state index in [0.29, 0.717) is 19.1 Å². The normalized spacial score (nSPS) is 18.9. The number of esters is 1. The van der Waals surface area contributed by atoms with Crippen molar-refractivity contribution >= 4 is 11.9 Å². The summed E-state index contributed by atoms with van der Waals surface area (Å²) < 4.78 is 4.92. The topological polar surface area (TPSA) is 49.9 Å². The molecule has 0 aromatic rings. The maximum Gasteiger partial charge on any atom is 0.320 e. The van der Waals surface area contributed by atoms with Gasteiger partial charge in [-0.2, -0.15) is 0 Å². The predicted molar refractivity (Wildman–Crippen MR) is 78.2 cm³/mol. The number of ether oxygens (including phenoxy) is 1. The van der Waals surface area contributed by atoms with Crippen molar-refractivity contribution in [3.05, 3.63) is 12.7 Å². The molecule has 0 radical (unpaired) electrons. The second kappa shape index (κ2) is 8.74. The Morgan fingerprint density at radius 1 is 1.45 bits per heavy atom. The molecule has 114 valence electrons. The second-order valence-electron chi connectivity index (χ2n) is 5.35. The van der Waals surface area contributed by atoms with Gasteiger partial charge in [-0.3, -0.25) is 14.5 Å². The van der Waals surface area contributed by atoms with Gasteiger partial charge in [-0.15, -0.1) is 6.58 Å². The Kier molecular flexibility index (Phi) is 7.30. The lowest BCUT2D eigenvalue weighted by atomic mass is 10.0. The van der Waals surface area contributed by atoms with Crippen molar-refractivity contribution < 1.29 is 14.3 Å². The fourth-order valence-electron chi connectivity index (χ4n) is 2.46. The third kappa shape index (κ3) is 5.74. The molecule has 0 bridgehead atoms. The molecule has 1 aliphatic heterocycles. The fourth-order valence-corrected chi connectivity index (χ4v) is 2.46. The molecule has 5 heteroatoms. The molecule has 0 spiro atoms. The van der Waals surface area contributed by atoms with Crippen LogP contribution in [0.4, 0.5) is 0 Å². The lowest BCUT2D eigenvalue weighted by Gasteiger charge is -2.32. The summed E-state index contributed by atoms with van der Waals surface area (Å²) in [7, 11) is 0. The Morgan fingerprint density at radius 3 is 2.80 bits per heavy atom. The van der Waals surface area contributed by atoms with E-state index in [1.54, 1.807) is 17.9 Å². The molecule has 20 heavy (non-hydrogen) atoms. The first kappa shape index (κ1) is 16.7. The Hall–Kier alpha value is -1.36. The summed E-state index contributed by atoms with van der Waals surface area (Å²) in [4.78, 5) is 27.4. The third-order valence-corrected chi connectivity index (χ3v) is 3.41. The van der Waals surface area contributed by atoms with Crippen LogP contribution in [0.3, 0.4) is 0 Å². The number of rotatable bonds is 7. The molecule has 0 N–H and O–H groups in total. The summed E-state index contributed by atoms with van der Waals surface area (Å²) in [5, 5.41) is 0. The minimum absolute atomic E-state index is 0.0858. The summed E-state index contributed by atoms with van der Waals surface area (Å²) in [5.41, 5.74) is 0. The minimum Gasteiger partial charge on any atom is -0.465 e. The molecule has 5 nitrogen and oxygen atoms in total. The largest absolute Gasteiger partial charge is 0.465 e. The molecular formula is C15H26N2O3. The molecule has 1 amide bonds. The molecule has 1 aliphatic rings. The monoisotopic (exact) mass is 282 g/mol. The molecule has 1 heterocycles. The van der Waals surface area contributed by atoms with Gasteiger partial charge in [-0.05, 0) is 25.7 Å². The summed E-state index contributed by atoms with van der Waals surface area (Å²) in [6, 6.07) is 0. The van der Waals surface area contributed by atoms with Gasteiger partial charge in [0.15, 0.2) is 0 Å². The number of carbonyl (C=O) groups is 2. The van der Waals surface area contributed by atoms with Crippen LogP contribution in [0.1, 0.15) is 26.7 Å². The molecule has 0 aliphatic carbocycles. The van der Waals surface area contributed by atoms with Crippen LogP contribution < -0.4 is 0 Å². The van der Waals surface area contributed by atoms with E-state index in [4.69, 9.17) is 4.74 Å². The average Bonchev–Trinajstić information content (AvgIpc) is 2.39. The number of carbonyl (C=O) groups excluding carboxylic acids is 2. The highest BCUT2D eigenvalue weighted by Crippen LogP contribution is 2.15. The van der Waals surface area contributed by atoms with Crippen LogP contribution in [0, 0.1) is 5.92 Å². The van der Waals surface area contributed by atoms with Crippen molar-refractivity contribution in [2.24, 2.45) is 5.92 Å². The van der Waals surface area contributed by atoms with Crippen molar-refractivity contribution in [1.29, 1.82) is 0 Å². The van der Waals surface area contributed by atoms with Crippen LogP contribution in [0.5, 0.6) is 0 Å². The van der Waals surface area contributed by atoms with E-state index < -0.39 is 0 Å². The summed E-state index contributed by atoms with van der Waals surface area (Å²) in [6.07, 6.45) is 3.94. The number of amides is 1. The van der Waals surface area contributed by atoms with Crippen LogP contribution in [-0.2, 0) is 14.3 Å². The highest BCUT2D eigenvalue weighted by atomic mass is 16.5. The Labute approximate surface area is 121 Å². The van der Waals surface area contributed by atoms with Crippen LogP contribution in [0.25, 0.3) is 0 Å². The molecule has 1 atom stereocenters. The fraction of sp³-hybridized carbons (Fsp3) is 0.733. The van der Waals surface area contributed by atoms with Gasteiger partial charge in [0, 0.05) is 19.6 Å². The van der Waals surface area contributed by atoms with E-state index in [9.17, 15) is 9.59 Å². The summed E-state index contributed by atoms with van der Waals surface area (Å²) in [5.74, 6) is 0.350. The van der Waals surface area contributed by atoms with Crippen LogP contribution >= 0.6 is 0 Å². The van der Waals surface area contributed by atoms with Gasteiger partial charge < -0.3 is 9.64 Å². The lowest BCUT2D eigenvalue weighted by Crippen LogP contribution is -2.46. The number of hydrogen-bond acceptors (Lipinski definition) is 4. The van der Waals surface area contributed by atoms with E-state index in [1.165, 1.54) is 6.42 Å². The zero-order chi connectivity index (χ0) is 15.0. The van der Waals surface area contributed by atoms with Gasteiger partial charge in [-0.25, -0.2) is 0 Å². The standard InChI is InChI=1S/C15H26N2O3/c1-4-8-16(12-15(19)20-5-2)11-14(18)17-9-6-7-13(3)10-17/h4,13H,1,5-12H2,2-3H3. The van der Waals surface area contributed by atoms with E-state index >= 15 is 0 Å². The molecule has 0 aromatic heterocycles. The van der Waals surface area contributed by atoms with Gasteiger partial charge in [0.1, 0.15) is 0 Å². The first-order valence-electron chi connectivity index (χ1n) is 7.33. The maximum absolute atomic E-state index is 12.3. The molecule has 0 aromatic carbocycles. The number of nitrogens with zero attached hydrogens (tertiary/aromatic N) is 2. The SMILES string of the molecule is C=CCN(CC(=O)OCC)CC(=O)N1CCCC(C)C1. The van der Waals surface area contributed by atoms with Crippen molar-refractivity contribution in [1.82, 2.24) is 9.80 Å². The molecule has 1 rings (SSSR count). The lowest BCUT2D eigenvalue weighted by molar-refractivity contribution is -0.145. The second-order valence-corrected chi connectivity index (χ2v) is 5.35. The van der Waals surface area contributed by atoms with Crippen molar-refractivity contribution in [2.45, 2.75) is 26.7 Å². The quantitative estimate of drug-likeness (QED) is 0.521. The highest BCUT2D eigenvalue weighted by molar-refractivity contribution is 5.79. The zero-order valence-corrected chi connectivity index (χ0v) is 12.6. The number of hydrogen-bond donors (Lipinski definition) is 0. The number of likely N-dealkylation sites (tertiary alicyclic amines) is 1. The van der Waals surface area contributed by atoms with Gasteiger partial charge in [0.25, 0.3) is 0 Å². The van der Waals surface area contributed by atoms with Crippen molar-refractivity contribution in [3.63, 3.8) is 0 Å². The van der Waals surface area contributed by atoms with Crippen LogP contribution in [0.15, 0.2) is 12.7 Å². The van der Waals surface area contributed by atoms with E-state index in [1.807, 2.05) is 4.90 Å². The Balaban J connectivity index is 2.49. The van der Waals surface area contributed by atoms with Crippen molar-refractivity contribution in [3.8, 4) is 0 Å². The molecule has 1 fully saturated rings. The zero-order valence-electron chi connectivity index (χ0n) is 12.6.